The van der Waals surface area contributed by atoms with Crippen LogP contribution in [0.4, 0.5) is 0 Å². The molecule has 1 unspecified atom stereocenters. The molecule has 1 N–H and O–H groups in total. The fourth-order valence-electron chi connectivity index (χ4n) is 4.26. The summed E-state index contributed by atoms with van der Waals surface area (Å²) in [5.74, 6) is 0.432. The van der Waals surface area contributed by atoms with E-state index >= 15 is 0 Å². The van der Waals surface area contributed by atoms with Gasteiger partial charge in [-0.25, -0.2) is 9.67 Å². The van der Waals surface area contributed by atoms with Crippen LogP contribution in [0.1, 0.15) is 43.4 Å². The molecule has 2 aromatic heterocycles. The van der Waals surface area contributed by atoms with Crippen LogP contribution in [0.15, 0.2) is 36.1 Å². The lowest BCUT2D eigenvalue weighted by molar-refractivity contribution is -0.127. The summed E-state index contributed by atoms with van der Waals surface area (Å²) in [6, 6.07) is 8.27. The summed E-state index contributed by atoms with van der Waals surface area (Å²) in [6.45, 7) is 2.72. The maximum atomic E-state index is 12.8. The minimum atomic E-state index is -0.0139. The molecule has 162 valence electrons. The molecule has 2 atom stereocenters. The second-order valence-corrected chi connectivity index (χ2v) is 8.92. The molecule has 4 rings (SSSR count). The van der Waals surface area contributed by atoms with Gasteiger partial charge in [0.2, 0.25) is 5.91 Å². The van der Waals surface area contributed by atoms with Crippen molar-refractivity contribution in [2.75, 3.05) is 0 Å². The quantitative estimate of drug-likeness (QED) is 0.550. The zero-order valence-electron chi connectivity index (χ0n) is 17.5. The number of amides is 1. The number of Topliss-reactive ketones (excluding diaryl/α,β-unsaturated/α-hetero) is 1. The number of carbonyl (C=O) groups excluding carboxylic acids is 2. The number of hydrogen-bond acceptors (Lipinski definition) is 7. The number of tetrazole rings is 1. The average Bonchev–Trinajstić information content (AvgIpc) is 3.53. The van der Waals surface area contributed by atoms with Crippen LogP contribution in [0.5, 0.6) is 0 Å². The first-order valence-electron chi connectivity index (χ1n) is 10.6. The van der Waals surface area contributed by atoms with Crippen molar-refractivity contribution >= 4 is 23.0 Å². The van der Waals surface area contributed by atoms with Crippen molar-refractivity contribution in [2.45, 2.75) is 52.1 Å². The second kappa shape index (κ2) is 9.91. The molecular formula is C22H26N6O2S. The lowest BCUT2D eigenvalue weighted by atomic mass is 9.90. The molecule has 2 heterocycles. The van der Waals surface area contributed by atoms with E-state index in [4.69, 9.17) is 0 Å². The molecular weight excluding hydrogens is 412 g/mol. The van der Waals surface area contributed by atoms with Gasteiger partial charge in [0.15, 0.2) is 5.78 Å². The largest absolute Gasteiger partial charge is 0.352 e. The first-order chi connectivity index (χ1) is 15.1. The first-order valence-corrected chi connectivity index (χ1v) is 11.5. The highest BCUT2D eigenvalue weighted by Crippen LogP contribution is 2.35. The topological polar surface area (TPSA) is 103 Å². The molecule has 0 saturated heterocycles. The second-order valence-electron chi connectivity index (χ2n) is 8.06. The average molecular weight is 439 g/mol. The third kappa shape index (κ3) is 5.41. The first kappa shape index (κ1) is 21.3. The molecule has 1 aliphatic carbocycles. The van der Waals surface area contributed by atoms with E-state index in [1.54, 1.807) is 11.3 Å². The SMILES string of the molecule is Cc1ncsc1-c1ccc(CNC(=O)C2CCC[C@@H]2CCC(=O)Cn2cnnn2)cc1. The number of aryl methyl sites for hydroxylation is 1. The van der Waals surface area contributed by atoms with E-state index < -0.39 is 0 Å². The van der Waals surface area contributed by atoms with Gasteiger partial charge >= 0.3 is 0 Å². The van der Waals surface area contributed by atoms with Crippen molar-refractivity contribution in [3.05, 3.63) is 47.4 Å². The number of nitrogens with one attached hydrogen (secondary N) is 1. The Morgan fingerprint density at radius 2 is 2.06 bits per heavy atom. The summed E-state index contributed by atoms with van der Waals surface area (Å²) < 4.78 is 1.43. The maximum absolute atomic E-state index is 12.8. The molecule has 8 nitrogen and oxygen atoms in total. The Labute approximate surface area is 185 Å². The zero-order chi connectivity index (χ0) is 21.6. The lowest BCUT2D eigenvalue weighted by Gasteiger charge is -2.19. The number of benzene rings is 1. The minimum absolute atomic E-state index is 0.0139. The van der Waals surface area contributed by atoms with Gasteiger partial charge in [0.1, 0.15) is 12.9 Å². The molecule has 1 saturated carbocycles. The monoisotopic (exact) mass is 438 g/mol. The van der Waals surface area contributed by atoms with Gasteiger partial charge in [-0.15, -0.1) is 16.4 Å². The molecule has 1 amide bonds. The predicted molar refractivity (Wildman–Crippen MR) is 117 cm³/mol. The van der Waals surface area contributed by atoms with Crippen molar-refractivity contribution in [1.82, 2.24) is 30.5 Å². The number of rotatable bonds is 9. The van der Waals surface area contributed by atoms with Crippen LogP contribution in [0.2, 0.25) is 0 Å². The van der Waals surface area contributed by atoms with Crippen LogP contribution < -0.4 is 5.32 Å². The maximum Gasteiger partial charge on any atom is 0.223 e. The molecule has 0 bridgehead atoms. The molecule has 1 fully saturated rings. The molecule has 1 aromatic carbocycles. The molecule has 31 heavy (non-hydrogen) atoms. The van der Waals surface area contributed by atoms with Gasteiger partial charge in [-0.1, -0.05) is 30.7 Å². The van der Waals surface area contributed by atoms with E-state index in [0.717, 1.165) is 42.5 Å². The van der Waals surface area contributed by atoms with Gasteiger partial charge in [0.25, 0.3) is 0 Å². The van der Waals surface area contributed by atoms with E-state index in [2.05, 4.69) is 50.1 Å². The number of nitrogens with zero attached hydrogens (tertiary/aromatic N) is 5. The van der Waals surface area contributed by atoms with E-state index in [1.807, 2.05) is 12.4 Å². The van der Waals surface area contributed by atoms with E-state index in [0.29, 0.717) is 13.0 Å². The summed E-state index contributed by atoms with van der Waals surface area (Å²) in [4.78, 5) is 30.4. The Morgan fingerprint density at radius 3 is 2.77 bits per heavy atom. The van der Waals surface area contributed by atoms with Crippen molar-refractivity contribution in [3.8, 4) is 10.4 Å². The number of carbonyl (C=O) groups is 2. The smallest absolute Gasteiger partial charge is 0.223 e. The summed E-state index contributed by atoms with van der Waals surface area (Å²) in [7, 11) is 0. The van der Waals surface area contributed by atoms with Crippen LogP contribution in [-0.4, -0.2) is 36.9 Å². The normalized spacial score (nSPS) is 18.2. The Morgan fingerprint density at radius 1 is 1.23 bits per heavy atom. The summed E-state index contributed by atoms with van der Waals surface area (Å²) in [6.07, 6.45) is 5.55. The summed E-state index contributed by atoms with van der Waals surface area (Å²) in [5.41, 5.74) is 5.12. The van der Waals surface area contributed by atoms with Crippen molar-refractivity contribution in [2.24, 2.45) is 11.8 Å². The van der Waals surface area contributed by atoms with Crippen molar-refractivity contribution < 1.29 is 9.59 Å². The lowest BCUT2D eigenvalue weighted by Crippen LogP contribution is -2.32. The highest BCUT2D eigenvalue weighted by Gasteiger charge is 2.32. The number of aromatic nitrogens is 5. The Kier molecular flexibility index (Phi) is 6.81. The van der Waals surface area contributed by atoms with E-state index in [1.165, 1.54) is 15.9 Å². The Bertz CT molecular complexity index is 1020. The Balaban J connectivity index is 1.25. The standard InChI is InChI=1S/C22H26N6O2S/c1-15-21(31-14-24-15)18-7-5-16(6-8-18)11-23-22(30)20-4-2-3-17(20)9-10-19(29)12-28-13-25-26-27-28/h5-8,13-14,17,20H,2-4,9-12H2,1H3,(H,23,30)/t17-,20?/m1/s1. The highest BCUT2D eigenvalue weighted by atomic mass is 32.1. The van der Waals surface area contributed by atoms with Crippen molar-refractivity contribution in [3.63, 3.8) is 0 Å². The van der Waals surface area contributed by atoms with Crippen LogP contribution in [-0.2, 0) is 22.7 Å². The highest BCUT2D eigenvalue weighted by molar-refractivity contribution is 7.13. The molecule has 3 aromatic rings. The minimum Gasteiger partial charge on any atom is -0.352 e. The Hall–Kier alpha value is -2.94. The third-order valence-corrected chi connectivity index (χ3v) is 6.93. The third-order valence-electron chi connectivity index (χ3n) is 5.95. The summed E-state index contributed by atoms with van der Waals surface area (Å²) in [5, 5.41) is 13.9. The fraction of sp³-hybridized carbons (Fsp3) is 0.455. The number of ketones is 1. The van der Waals surface area contributed by atoms with Gasteiger partial charge in [0.05, 0.1) is 16.1 Å². The zero-order valence-corrected chi connectivity index (χ0v) is 18.3. The molecule has 0 spiro atoms. The number of hydrogen-bond donors (Lipinski definition) is 1. The van der Waals surface area contributed by atoms with Gasteiger partial charge in [-0.05, 0) is 53.7 Å². The van der Waals surface area contributed by atoms with Crippen LogP contribution in [0.3, 0.4) is 0 Å². The van der Waals surface area contributed by atoms with Gasteiger partial charge in [-0.3, -0.25) is 9.59 Å². The van der Waals surface area contributed by atoms with Gasteiger partial charge in [0, 0.05) is 18.9 Å². The number of thiazole rings is 1. The van der Waals surface area contributed by atoms with Crippen molar-refractivity contribution in [1.29, 1.82) is 0 Å². The van der Waals surface area contributed by atoms with Gasteiger partial charge < -0.3 is 5.32 Å². The molecule has 0 aliphatic heterocycles. The van der Waals surface area contributed by atoms with Crippen LogP contribution >= 0.6 is 11.3 Å². The summed E-state index contributed by atoms with van der Waals surface area (Å²) >= 11 is 1.64. The molecule has 1 aliphatic rings. The molecule has 9 heteroatoms. The van der Waals surface area contributed by atoms with Gasteiger partial charge in [-0.2, -0.15) is 0 Å². The van der Waals surface area contributed by atoms with Crippen LogP contribution in [0.25, 0.3) is 10.4 Å². The molecule has 0 radical (unpaired) electrons. The van der Waals surface area contributed by atoms with Crippen LogP contribution in [0, 0.1) is 18.8 Å². The fourth-order valence-corrected chi connectivity index (χ4v) is 5.07. The van der Waals surface area contributed by atoms with E-state index in [9.17, 15) is 9.59 Å². The predicted octanol–water partition coefficient (Wildman–Crippen LogP) is 3.19. The van der Waals surface area contributed by atoms with E-state index in [-0.39, 0.29) is 30.1 Å².